The van der Waals surface area contributed by atoms with E-state index in [1.54, 1.807) is 48.5 Å². The average molecular weight is 319 g/mol. The van der Waals surface area contributed by atoms with E-state index in [4.69, 9.17) is 0 Å². The van der Waals surface area contributed by atoms with Crippen molar-refractivity contribution in [2.24, 2.45) is 0 Å². The highest BCUT2D eigenvalue weighted by Crippen LogP contribution is 2.12. The predicted octanol–water partition coefficient (Wildman–Crippen LogP) is 2.00. The number of nitrogens with one attached hydrogen (secondary N) is 1. The van der Waals surface area contributed by atoms with Gasteiger partial charge in [-0.1, -0.05) is 28.1 Å². The smallest absolute Gasteiger partial charge is 0.239 e. The van der Waals surface area contributed by atoms with Gasteiger partial charge in [-0.15, -0.1) is 5.10 Å². The van der Waals surface area contributed by atoms with E-state index < -0.39 is 0 Å². The number of H-pyrrole nitrogens is 1. The molecule has 0 atom stereocenters. The molecule has 0 saturated carbocycles. The van der Waals surface area contributed by atoms with Gasteiger partial charge in [0.15, 0.2) is 0 Å². The maximum absolute atomic E-state index is 12.3. The molecule has 0 spiro atoms. The van der Waals surface area contributed by atoms with E-state index in [0.29, 0.717) is 21.1 Å². The molecule has 2 aromatic carbocycles. The van der Waals surface area contributed by atoms with Crippen LogP contribution in [0.5, 0.6) is 0 Å². The summed E-state index contributed by atoms with van der Waals surface area (Å²) in [5, 5.41) is 2.92. The Kier molecular flexibility index (Phi) is 2.79. The van der Waals surface area contributed by atoms with Gasteiger partial charge >= 0.3 is 5.56 Å². The number of para-hydroxylation sites is 1. The molecular formula is C13H9BrN3O2+. The van der Waals surface area contributed by atoms with E-state index in [1.807, 2.05) is 0 Å². The average Bonchev–Trinajstić information content (AvgIpc) is 2.44. The SMILES string of the molecule is O=c1[nH]n(-c2ccc(Br)cc2)[n+](=O)c2ccccc12. The van der Waals surface area contributed by atoms with Gasteiger partial charge in [0, 0.05) is 4.47 Å². The zero-order valence-corrected chi connectivity index (χ0v) is 11.3. The monoisotopic (exact) mass is 318 g/mol. The topological polar surface area (TPSA) is 60.8 Å². The molecule has 0 fully saturated rings. The minimum absolute atomic E-state index is 0.300. The fraction of sp³-hybridized carbons (Fsp3) is 0. The minimum atomic E-state index is -0.300. The van der Waals surface area contributed by atoms with Gasteiger partial charge in [-0.2, -0.15) is 0 Å². The fourth-order valence-corrected chi connectivity index (χ4v) is 2.16. The van der Waals surface area contributed by atoms with E-state index in [0.717, 1.165) is 4.47 Å². The minimum Gasteiger partial charge on any atom is -0.239 e. The summed E-state index contributed by atoms with van der Waals surface area (Å²) >= 11 is 3.32. The van der Waals surface area contributed by atoms with Crippen LogP contribution in [0.3, 0.4) is 0 Å². The van der Waals surface area contributed by atoms with Crippen LogP contribution in [0.25, 0.3) is 16.6 Å². The summed E-state index contributed by atoms with van der Waals surface area (Å²) in [6.07, 6.45) is 0. The lowest BCUT2D eigenvalue weighted by molar-refractivity contribution is -0.567. The summed E-state index contributed by atoms with van der Waals surface area (Å²) in [7, 11) is 0. The Morgan fingerprint density at radius 2 is 1.74 bits per heavy atom. The molecule has 0 bridgehead atoms. The summed E-state index contributed by atoms with van der Waals surface area (Å²) in [5.41, 5.74) is 0.612. The normalized spacial score (nSPS) is 10.8. The molecule has 19 heavy (non-hydrogen) atoms. The van der Waals surface area contributed by atoms with Crippen molar-refractivity contribution in [3.05, 3.63) is 68.3 Å². The van der Waals surface area contributed by atoms with Gasteiger partial charge in [0.25, 0.3) is 0 Å². The summed E-state index contributed by atoms with van der Waals surface area (Å²) < 4.78 is 1.57. The molecule has 0 amide bonds. The first-order chi connectivity index (χ1) is 9.16. The van der Waals surface area contributed by atoms with Gasteiger partial charge in [0.05, 0.1) is 4.54 Å². The molecule has 6 heteroatoms. The lowest BCUT2D eigenvalue weighted by Crippen LogP contribution is -2.37. The molecule has 3 rings (SSSR count). The van der Waals surface area contributed by atoms with Crippen LogP contribution in [0.15, 0.2) is 57.8 Å². The summed E-state index contributed by atoms with van der Waals surface area (Å²) in [4.78, 5) is 25.4. The molecule has 0 aliphatic rings. The van der Waals surface area contributed by atoms with Crippen LogP contribution in [0.2, 0.25) is 0 Å². The molecule has 0 unspecified atom stereocenters. The van der Waals surface area contributed by atoms with Gasteiger partial charge in [0.2, 0.25) is 5.52 Å². The Morgan fingerprint density at radius 1 is 1.05 bits per heavy atom. The molecule has 0 saturated heterocycles. The highest BCUT2D eigenvalue weighted by atomic mass is 79.9. The van der Waals surface area contributed by atoms with Crippen LogP contribution in [0, 0.1) is 4.91 Å². The third-order valence-corrected chi connectivity index (χ3v) is 3.34. The van der Waals surface area contributed by atoms with Gasteiger partial charge in [-0.25, -0.2) is 4.79 Å². The molecule has 0 aliphatic carbocycles. The lowest BCUT2D eigenvalue weighted by atomic mass is 10.2. The van der Waals surface area contributed by atoms with Crippen molar-refractivity contribution in [2.75, 3.05) is 0 Å². The first-order valence-corrected chi connectivity index (χ1v) is 6.39. The quantitative estimate of drug-likeness (QED) is 0.697. The number of halogens is 1. The lowest BCUT2D eigenvalue weighted by Gasteiger charge is -1.99. The second-order valence-corrected chi connectivity index (χ2v) is 4.93. The largest absolute Gasteiger partial charge is 0.361 e. The molecule has 1 aromatic heterocycles. The highest BCUT2D eigenvalue weighted by Gasteiger charge is 2.13. The molecule has 1 N–H and O–H groups in total. The molecule has 1 heterocycles. The fourth-order valence-electron chi connectivity index (χ4n) is 1.89. The number of benzene rings is 2. The standard InChI is InChI=1S/C13H8BrN3O2/c14-9-5-7-10(8-6-9)16-15-13(18)11-3-1-2-4-12(11)17(16)19/h1-8H/p+1. The number of nitrogens with zero attached hydrogens (tertiary/aromatic N) is 2. The number of fused-ring (bicyclic) bond motifs is 1. The van der Waals surface area contributed by atoms with Gasteiger partial charge in [0.1, 0.15) is 11.1 Å². The number of hydrogen-bond donors (Lipinski definition) is 1. The number of aromatic amines is 1. The Balaban J connectivity index is 2.37. The first-order valence-electron chi connectivity index (χ1n) is 5.60. The van der Waals surface area contributed by atoms with Crippen LogP contribution in [-0.4, -0.2) is 9.90 Å². The second-order valence-electron chi connectivity index (χ2n) is 4.02. The van der Waals surface area contributed by atoms with Gasteiger partial charge in [-0.3, -0.25) is 0 Å². The van der Waals surface area contributed by atoms with E-state index in [9.17, 15) is 9.70 Å². The van der Waals surface area contributed by atoms with E-state index in [-0.39, 0.29) is 5.56 Å². The van der Waals surface area contributed by atoms with Crippen LogP contribution >= 0.6 is 15.9 Å². The summed E-state index contributed by atoms with van der Waals surface area (Å²) in [6, 6.07) is 13.8. The van der Waals surface area contributed by atoms with Crippen molar-refractivity contribution < 1.29 is 4.54 Å². The molecule has 94 valence electrons. The molecule has 0 radical (unpaired) electrons. The number of aromatic nitrogens is 3. The van der Waals surface area contributed by atoms with Gasteiger partial charge < -0.3 is 0 Å². The highest BCUT2D eigenvalue weighted by molar-refractivity contribution is 9.10. The van der Waals surface area contributed by atoms with E-state index in [2.05, 4.69) is 21.0 Å². The van der Waals surface area contributed by atoms with Crippen molar-refractivity contribution in [3.8, 4) is 5.69 Å². The Labute approximate surface area is 115 Å². The van der Waals surface area contributed by atoms with Crippen LogP contribution < -0.4 is 10.1 Å². The van der Waals surface area contributed by atoms with Crippen molar-refractivity contribution in [1.82, 2.24) is 9.90 Å². The number of rotatable bonds is 1. The van der Waals surface area contributed by atoms with Crippen molar-refractivity contribution in [2.45, 2.75) is 0 Å². The van der Waals surface area contributed by atoms with E-state index >= 15 is 0 Å². The number of hydrogen-bond acceptors (Lipinski definition) is 2. The second kappa shape index (κ2) is 4.47. The van der Waals surface area contributed by atoms with Crippen LogP contribution in [0.4, 0.5) is 0 Å². The molecule has 5 nitrogen and oxygen atoms in total. The molecule has 3 aromatic rings. The zero-order chi connectivity index (χ0) is 13.4. The maximum Gasteiger partial charge on any atom is 0.361 e. The van der Waals surface area contributed by atoms with Crippen molar-refractivity contribution in [1.29, 1.82) is 0 Å². The zero-order valence-electron chi connectivity index (χ0n) is 9.71. The Hall–Kier alpha value is -2.21. The third-order valence-electron chi connectivity index (χ3n) is 2.82. The van der Waals surface area contributed by atoms with Gasteiger partial charge in [-0.05, 0) is 46.1 Å². The molecule has 0 aliphatic heterocycles. The summed E-state index contributed by atoms with van der Waals surface area (Å²) in [6.45, 7) is 0. The summed E-state index contributed by atoms with van der Waals surface area (Å²) in [5.74, 6) is 0. The Morgan fingerprint density at radius 3 is 2.47 bits per heavy atom. The first kappa shape index (κ1) is 11.9. The third kappa shape index (κ3) is 2.00. The predicted molar refractivity (Wildman–Crippen MR) is 75.0 cm³/mol. The van der Waals surface area contributed by atoms with Crippen LogP contribution in [-0.2, 0) is 0 Å². The molecular weight excluding hydrogens is 310 g/mol. The Bertz CT molecular complexity index is 865. The van der Waals surface area contributed by atoms with Crippen molar-refractivity contribution in [3.63, 3.8) is 0 Å². The maximum atomic E-state index is 12.3. The van der Waals surface area contributed by atoms with E-state index in [1.165, 1.54) is 4.80 Å². The van der Waals surface area contributed by atoms with Crippen molar-refractivity contribution >= 4 is 26.8 Å². The van der Waals surface area contributed by atoms with Crippen LogP contribution in [0.1, 0.15) is 0 Å².